The highest BCUT2D eigenvalue weighted by Gasteiger charge is 2.40. The molecule has 4 nitrogen and oxygen atoms in total. The lowest BCUT2D eigenvalue weighted by molar-refractivity contribution is -0.142. The molecule has 0 N–H and O–H groups in total. The predicted molar refractivity (Wildman–Crippen MR) is 131 cm³/mol. The molecule has 2 unspecified atom stereocenters. The van der Waals surface area contributed by atoms with Crippen LogP contribution in [0.3, 0.4) is 0 Å². The summed E-state index contributed by atoms with van der Waals surface area (Å²) < 4.78 is 16.1. The van der Waals surface area contributed by atoms with Crippen LogP contribution in [0, 0.1) is 5.92 Å². The highest BCUT2D eigenvalue weighted by molar-refractivity contribution is 5.91. The second-order valence-electron chi connectivity index (χ2n) is 7.95. The van der Waals surface area contributed by atoms with Crippen molar-refractivity contribution in [2.24, 2.45) is 5.92 Å². The van der Waals surface area contributed by atoms with Crippen LogP contribution in [0.25, 0.3) is 10.8 Å². The van der Waals surface area contributed by atoms with Crippen molar-refractivity contribution in [2.45, 2.75) is 18.8 Å². The van der Waals surface area contributed by atoms with Gasteiger partial charge in [-0.2, -0.15) is 0 Å². The van der Waals surface area contributed by atoms with Crippen molar-refractivity contribution in [1.29, 1.82) is 0 Å². The largest absolute Gasteiger partial charge is 0.497 e. The van der Waals surface area contributed by atoms with E-state index in [-0.39, 0.29) is 17.8 Å². The fourth-order valence-corrected chi connectivity index (χ4v) is 4.15. The van der Waals surface area contributed by atoms with Crippen LogP contribution in [0.5, 0.6) is 17.2 Å². The molecule has 0 radical (unpaired) electrons. The lowest BCUT2D eigenvalue weighted by Crippen LogP contribution is -2.34. The van der Waals surface area contributed by atoms with Crippen molar-refractivity contribution in [3.05, 3.63) is 103 Å². The van der Waals surface area contributed by atoms with Gasteiger partial charge < -0.3 is 14.2 Å². The summed E-state index contributed by atoms with van der Waals surface area (Å²) in [5.74, 6) is 2.28. The van der Waals surface area contributed by atoms with E-state index in [1.54, 1.807) is 14.2 Å². The van der Waals surface area contributed by atoms with Gasteiger partial charge in [0.1, 0.15) is 17.2 Å². The third-order valence-electron chi connectivity index (χ3n) is 6.05. The van der Waals surface area contributed by atoms with E-state index in [1.807, 2.05) is 97.1 Å². The quantitative estimate of drug-likeness (QED) is 0.258. The SMILES string of the molecule is COc1ccccc1.COc1ccccc1C1CCC1C(=O)Oc1cccc2ccccc12. The number of fused-ring (bicyclic) bond motifs is 1. The minimum Gasteiger partial charge on any atom is -0.497 e. The number of methoxy groups -OCH3 is 2. The maximum Gasteiger partial charge on any atom is 0.314 e. The molecular weight excluding hydrogens is 412 g/mol. The van der Waals surface area contributed by atoms with Crippen molar-refractivity contribution >= 4 is 16.7 Å². The van der Waals surface area contributed by atoms with Gasteiger partial charge >= 0.3 is 5.97 Å². The fourth-order valence-electron chi connectivity index (χ4n) is 4.15. The molecule has 0 aromatic heterocycles. The summed E-state index contributed by atoms with van der Waals surface area (Å²) >= 11 is 0. The monoisotopic (exact) mass is 440 g/mol. The zero-order valence-corrected chi connectivity index (χ0v) is 18.9. The number of hydrogen-bond acceptors (Lipinski definition) is 4. The molecule has 0 aliphatic heterocycles. The van der Waals surface area contributed by atoms with Crippen LogP contribution in [-0.4, -0.2) is 20.2 Å². The first-order valence-corrected chi connectivity index (χ1v) is 11.1. The van der Waals surface area contributed by atoms with Crippen LogP contribution in [0.4, 0.5) is 0 Å². The number of ether oxygens (including phenoxy) is 3. The van der Waals surface area contributed by atoms with E-state index in [2.05, 4.69) is 0 Å². The molecule has 0 saturated heterocycles. The van der Waals surface area contributed by atoms with Gasteiger partial charge in [0.2, 0.25) is 0 Å². The lowest BCUT2D eigenvalue weighted by atomic mass is 9.70. The summed E-state index contributed by atoms with van der Waals surface area (Å²) in [6, 6.07) is 31.4. The topological polar surface area (TPSA) is 44.8 Å². The number of benzene rings is 4. The average molecular weight is 441 g/mol. The van der Waals surface area contributed by atoms with E-state index in [0.29, 0.717) is 5.75 Å². The molecule has 4 heteroatoms. The van der Waals surface area contributed by atoms with Crippen molar-refractivity contribution in [3.63, 3.8) is 0 Å². The zero-order chi connectivity index (χ0) is 23.0. The Bertz CT molecular complexity index is 1200. The second kappa shape index (κ2) is 10.7. The van der Waals surface area contributed by atoms with Crippen molar-refractivity contribution in [3.8, 4) is 17.2 Å². The molecule has 2 atom stereocenters. The number of carbonyl (C=O) groups excluding carboxylic acids is 1. The summed E-state index contributed by atoms with van der Waals surface area (Å²) in [6.45, 7) is 0. The van der Waals surface area contributed by atoms with Crippen LogP contribution in [0.15, 0.2) is 97.1 Å². The molecule has 4 aromatic rings. The minimum atomic E-state index is -0.154. The Balaban J connectivity index is 0.000000275. The van der Waals surface area contributed by atoms with Gasteiger partial charge in [-0.15, -0.1) is 0 Å². The number of esters is 1. The normalized spacial score (nSPS) is 16.7. The molecule has 1 fully saturated rings. The Morgan fingerprint density at radius 3 is 2.06 bits per heavy atom. The van der Waals surface area contributed by atoms with Crippen LogP contribution in [0.2, 0.25) is 0 Å². The molecule has 33 heavy (non-hydrogen) atoms. The van der Waals surface area contributed by atoms with Crippen LogP contribution < -0.4 is 14.2 Å². The van der Waals surface area contributed by atoms with Gasteiger partial charge in [0.25, 0.3) is 0 Å². The number of rotatable bonds is 5. The van der Waals surface area contributed by atoms with E-state index in [1.165, 1.54) is 0 Å². The highest BCUT2D eigenvalue weighted by Crippen LogP contribution is 2.46. The van der Waals surface area contributed by atoms with E-state index in [4.69, 9.17) is 14.2 Å². The molecule has 1 saturated carbocycles. The maximum absolute atomic E-state index is 12.8. The van der Waals surface area contributed by atoms with E-state index in [0.717, 1.165) is 40.7 Å². The molecule has 0 heterocycles. The molecule has 5 rings (SSSR count). The Kier molecular flexibility index (Phi) is 7.26. The van der Waals surface area contributed by atoms with Gasteiger partial charge in [-0.1, -0.05) is 72.8 Å². The molecule has 1 aliphatic rings. The summed E-state index contributed by atoms with van der Waals surface area (Å²) in [5, 5.41) is 2.04. The fraction of sp³-hybridized carbons (Fsp3) is 0.207. The third kappa shape index (κ3) is 5.17. The average Bonchev–Trinajstić information content (AvgIpc) is 2.85. The lowest BCUT2D eigenvalue weighted by Gasteiger charge is -2.35. The van der Waals surface area contributed by atoms with Crippen LogP contribution in [0.1, 0.15) is 24.3 Å². The number of hydrogen-bond donors (Lipinski definition) is 0. The van der Waals surface area contributed by atoms with Gasteiger partial charge in [-0.25, -0.2) is 0 Å². The predicted octanol–water partition coefficient (Wildman–Crippen LogP) is 6.64. The Morgan fingerprint density at radius 1 is 0.697 bits per heavy atom. The van der Waals surface area contributed by atoms with Gasteiger partial charge in [-0.3, -0.25) is 4.79 Å². The first-order valence-electron chi connectivity index (χ1n) is 11.1. The van der Waals surface area contributed by atoms with Crippen LogP contribution in [-0.2, 0) is 4.79 Å². The zero-order valence-electron chi connectivity index (χ0n) is 18.9. The molecule has 4 aromatic carbocycles. The first-order chi connectivity index (χ1) is 16.2. The van der Waals surface area contributed by atoms with E-state index < -0.39 is 0 Å². The molecule has 0 bridgehead atoms. The summed E-state index contributed by atoms with van der Waals surface area (Å²) in [7, 11) is 3.33. The summed E-state index contributed by atoms with van der Waals surface area (Å²) in [5.41, 5.74) is 1.09. The van der Waals surface area contributed by atoms with Crippen molar-refractivity contribution < 1.29 is 19.0 Å². The molecular formula is C29H28O4. The first kappa shape index (κ1) is 22.4. The molecule has 0 amide bonds. The van der Waals surface area contributed by atoms with Gasteiger partial charge in [0, 0.05) is 11.3 Å². The van der Waals surface area contributed by atoms with Crippen LogP contribution >= 0.6 is 0 Å². The molecule has 168 valence electrons. The van der Waals surface area contributed by atoms with Gasteiger partial charge in [0.15, 0.2) is 0 Å². The standard InChI is InChI=1S/C22H20O3.C7H8O/c1-24-20-11-5-4-10-18(20)17-13-14-19(17)22(23)25-21-12-6-8-15-7-2-3-9-16(15)21;1-8-7-5-3-2-4-6-7/h2-12,17,19H,13-14H2,1H3;2-6H,1H3. The van der Waals surface area contributed by atoms with Crippen molar-refractivity contribution in [1.82, 2.24) is 0 Å². The van der Waals surface area contributed by atoms with Gasteiger partial charge in [-0.05, 0) is 48.1 Å². The summed E-state index contributed by atoms with van der Waals surface area (Å²) in [6.07, 6.45) is 1.84. The maximum atomic E-state index is 12.8. The minimum absolute atomic E-state index is 0.115. The Hall–Kier alpha value is -3.79. The van der Waals surface area contributed by atoms with E-state index in [9.17, 15) is 4.79 Å². The highest BCUT2D eigenvalue weighted by atomic mass is 16.5. The van der Waals surface area contributed by atoms with Gasteiger partial charge in [0.05, 0.1) is 20.1 Å². The smallest absolute Gasteiger partial charge is 0.314 e. The Morgan fingerprint density at radius 2 is 1.36 bits per heavy atom. The number of para-hydroxylation sites is 2. The number of carbonyl (C=O) groups is 1. The van der Waals surface area contributed by atoms with Crippen molar-refractivity contribution in [2.75, 3.05) is 14.2 Å². The molecule has 1 aliphatic carbocycles. The third-order valence-corrected chi connectivity index (χ3v) is 6.05. The van der Waals surface area contributed by atoms with E-state index >= 15 is 0 Å². The Labute approximate surface area is 194 Å². The second-order valence-corrected chi connectivity index (χ2v) is 7.95. The summed E-state index contributed by atoms with van der Waals surface area (Å²) in [4.78, 5) is 12.8. The molecule has 0 spiro atoms.